The molecule has 0 saturated carbocycles. The van der Waals surface area contributed by atoms with Gasteiger partial charge in [0.05, 0.1) is 0 Å². The van der Waals surface area contributed by atoms with Crippen molar-refractivity contribution >= 4 is 51.6 Å². The largest absolute Gasteiger partial charge is 0.294 e. The normalized spacial score (nSPS) is 11.3. The van der Waals surface area contributed by atoms with Gasteiger partial charge in [-0.25, -0.2) is 0 Å². The maximum atomic E-state index is 7.44. The van der Waals surface area contributed by atoms with Gasteiger partial charge in [-0.05, 0) is 12.1 Å². The van der Waals surface area contributed by atoms with Crippen molar-refractivity contribution in [1.82, 2.24) is 0 Å². The summed E-state index contributed by atoms with van der Waals surface area (Å²) in [5.41, 5.74) is 0. The van der Waals surface area contributed by atoms with Gasteiger partial charge in [0.2, 0.25) is 3.79 Å². The second kappa shape index (κ2) is 4.56. The van der Waals surface area contributed by atoms with E-state index in [2.05, 4.69) is 0 Å². The third-order valence-corrected chi connectivity index (χ3v) is 3.14. The van der Waals surface area contributed by atoms with Gasteiger partial charge in [-0.1, -0.05) is 64.8 Å². The minimum Gasteiger partial charge on any atom is -0.294 e. The van der Waals surface area contributed by atoms with E-state index in [9.17, 15) is 0 Å². The Labute approximate surface area is 95.9 Å². The van der Waals surface area contributed by atoms with E-state index in [1.54, 1.807) is 0 Å². The minimum absolute atomic E-state index is 0.00343. The summed E-state index contributed by atoms with van der Waals surface area (Å²) >= 11 is 17.7. The monoisotopic (exact) mass is 253 g/mol. The van der Waals surface area contributed by atoms with Crippen molar-refractivity contribution in [2.45, 2.75) is 8.69 Å². The number of rotatable bonds is 1. The molecule has 0 aliphatic heterocycles. The molecule has 70 valence electrons. The molecule has 0 heterocycles. The molecule has 0 bridgehead atoms. The van der Waals surface area contributed by atoms with Crippen LogP contribution in [0.2, 0.25) is 0 Å². The third-order valence-electron chi connectivity index (χ3n) is 1.22. The second-order valence-electron chi connectivity index (χ2n) is 2.24. The number of hydrogen-bond donors (Lipinski definition) is 1. The van der Waals surface area contributed by atoms with Gasteiger partial charge in [0.25, 0.3) is 0 Å². The first-order chi connectivity index (χ1) is 6.00. The van der Waals surface area contributed by atoms with Crippen molar-refractivity contribution < 1.29 is 0 Å². The van der Waals surface area contributed by atoms with Gasteiger partial charge in [0.15, 0.2) is 0 Å². The Morgan fingerprint density at radius 2 is 1.69 bits per heavy atom. The molecule has 1 N–H and O–H groups in total. The molecule has 0 unspecified atom stereocenters. The zero-order valence-corrected chi connectivity index (χ0v) is 9.51. The van der Waals surface area contributed by atoms with Crippen molar-refractivity contribution in [3.63, 3.8) is 0 Å². The predicted octanol–water partition coefficient (Wildman–Crippen LogP) is 4.13. The van der Waals surface area contributed by atoms with Crippen molar-refractivity contribution in [3.8, 4) is 0 Å². The summed E-state index contributed by atoms with van der Waals surface area (Å²) in [6.07, 6.45) is 0. The van der Waals surface area contributed by atoms with E-state index in [0.717, 1.165) is 16.7 Å². The molecule has 5 heteroatoms. The summed E-state index contributed by atoms with van der Waals surface area (Å²) in [6, 6.07) is 9.34. The quantitative estimate of drug-likeness (QED) is 0.346. The van der Waals surface area contributed by atoms with Gasteiger partial charge < -0.3 is 0 Å². The molecule has 0 spiro atoms. The molecule has 0 fully saturated rings. The van der Waals surface area contributed by atoms with Crippen LogP contribution in [0, 0.1) is 5.41 Å². The van der Waals surface area contributed by atoms with Crippen molar-refractivity contribution in [2.75, 3.05) is 0 Å². The Kier molecular flexibility index (Phi) is 3.92. The first-order valence-electron chi connectivity index (χ1n) is 3.39. The highest BCUT2D eigenvalue weighted by atomic mass is 35.6. The maximum Gasteiger partial charge on any atom is 0.238 e. The fourth-order valence-electron chi connectivity index (χ4n) is 0.664. The fraction of sp³-hybridized carbons (Fsp3) is 0.125. The first-order valence-corrected chi connectivity index (χ1v) is 5.34. The molecule has 1 aromatic carbocycles. The average Bonchev–Trinajstić information content (AvgIpc) is 2.04. The summed E-state index contributed by atoms with van der Waals surface area (Å²) in [6.45, 7) is 0. The van der Waals surface area contributed by atoms with Gasteiger partial charge >= 0.3 is 0 Å². The lowest BCUT2D eigenvalue weighted by atomic mass is 10.4. The predicted molar refractivity (Wildman–Crippen MR) is 60.3 cm³/mol. The van der Waals surface area contributed by atoms with Crippen LogP contribution in [0.25, 0.3) is 0 Å². The molecule has 1 aromatic rings. The van der Waals surface area contributed by atoms with Crippen molar-refractivity contribution in [1.29, 1.82) is 5.41 Å². The number of benzene rings is 1. The van der Waals surface area contributed by atoms with Crippen LogP contribution in [0.5, 0.6) is 0 Å². The van der Waals surface area contributed by atoms with E-state index in [1.165, 1.54) is 0 Å². The molecule has 0 saturated heterocycles. The summed E-state index contributed by atoms with van der Waals surface area (Å²) in [5.74, 6) is 0. The average molecular weight is 255 g/mol. The topological polar surface area (TPSA) is 23.9 Å². The number of nitrogens with one attached hydrogen (secondary N) is 1. The molecule has 0 aliphatic carbocycles. The van der Waals surface area contributed by atoms with Gasteiger partial charge in [-0.2, -0.15) is 0 Å². The van der Waals surface area contributed by atoms with Crippen LogP contribution >= 0.6 is 46.6 Å². The SMILES string of the molecule is N=C(Sc1ccccc1)C(Cl)(Cl)Cl. The van der Waals surface area contributed by atoms with Crippen LogP contribution < -0.4 is 0 Å². The van der Waals surface area contributed by atoms with Gasteiger partial charge in [-0.3, -0.25) is 5.41 Å². The van der Waals surface area contributed by atoms with E-state index in [4.69, 9.17) is 40.2 Å². The van der Waals surface area contributed by atoms with Crippen LogP contribution in [0.4, 0.5) is 0 Å². The van der Waals surface area contributed by atoms with Gasteiger partial charge in [0, 0.05) is 4.90 Å². The molecule has 13 heavy (non-hydrogen) atoms. The Morgan fingerprint density at radius 3 is 2.15 bits per heavy atom. The van der Waals surface area contributed by atoms with E-state index in [0.29, 0.717) is 0 Å². The molecular formula is C8H6Cl3NS. The lowest BCUT2D eigenvalue weighted by molar-refractivity contribution is 1.43. The highest BCUT2D eigenvalue weighted by molar-refractivity contribution is 8.14. The Bertz CT molecular complexity index is 294. The number of halogens is 3. The highest BCUT2D eigenvalue weighted by Gasteiger charge is 2.27. The van der Waals surface area contributed by atoms with E-state index < -0.39 is 3.79 Å². The number of thioether (sulfide) groups is 1. The molecular weight excluding hydrogens is 249 g/mol. The summed E-state index contributed by atoms with van der Waals surface area (Å²) < 4.78 is -1.62. The van der Waals surface area contributed by atoms with Gasteiger partial charge in [-0.15, -0.1) is 0 Å². The zero-order chi connectivity index (χ0) is 9.90. The van der Waals surface area contributed by atoms with Crippen LogP contribution in [0.15, 0.2) is 35.2 Å². The molecule has 0 radical (unpaired) electrons. The standard InChI is InChI=1S/C8H6Cl3NS/c9-8(10,11)7(12)13-6-4-2-1-3-5-6/h1-5,12H. The summed E-state index contributed by atoms with van der Waals surface area (Å²) in [7, 11) is 0. The number of alkyl halides is 3. The highest BCUT2D eigenvalue weighted by Crippen LogP contribution is 2.35. The van der Waals surface area contributed by atoms with Crippen LogP contribution in [0.3, 0.4) is 0 Å². The minimum atomic E-state index is -1.62. The second-order valence-corrected chi connectivity index (χ2v) is 5.61. The maximum absolute atomic E-state index is 7.44. The lowest BCUT2D eigenvalue weighted by Gasteiger charge is -2.11. The third kappa shape index (κ3) is 3.77. The molecule has 0 amide bonds. The Balaban J connectivity index is 2.66. The van der Waals surface area contributed by atoms with E-state index in [-0.39, 0.29) is 5.04 Å². The fourth-order valence-corrected chi connectivity index (χ4v) is 1.66. The summed E-state index contributed by atoms with van der Waals surface area (Å²) in [4.78, 5) is 0.888. The summed E-state index contributed by atoms with van der Waals surface area (Å²) in [5, 5.41) is 7.45. The first kappa shape index (κ1) is 11.2. The van der Waals surface area contributed by atoms with Crippen LogP contribution in [-0.2, 0) is 0 Å². The van der Waals surface area contributed by atoms with E-state index >= 15 is 0 Å². The van der Waals surface area contributed by atoms with Crippen molar-refractivity contribution in [2.24, 2.45) is 0 Å². The van der Waals surface area contributed by atoms with Crippen LogP contribution in [0.1, 0.15) is 0 Å². The number of hydrogen-bond acceptors (Lipinski definition) is 2. The van der Waals surface area contributed by atoms with E-state index in [1.807, 2.05) is 30.3 Å². The zero-order valence-electron chi connectivity index (χ0n) is 6.43. The molecule has 1 nitrogen and oxygen atoms in total. The smallest absolute Gasteiger partial charge is 0.238 e. The molecule has 0 aliphatic rings. The molecule has 1 rings (SSSR count). The molecule has 0 aromatic heterocycles. The Hall–Kier alpha value is 0.110. The Morgan fingerprint density at radius 1 is 1.15 bits per heavy atom. The molecule has 0 atom stereocenters. The lowest BCUT2D eigenvalue weighted by Crippen LogP contribution is -2.13. The van der Waals surface area contributed by atoms with Crippen molar-refractivity contribution in [3.05, 3.63) is 30.3 Å². The van der Waals surface area contributed by atoms with Crippen LogP contribution in [-0.4, -0.2) is 8.84 Å². The van der Waals surface area contributed by atoms with Gasteiger partial charge in [0.1, 0.15) is 5.04 Å².